The summed E-state index contributed by atoms with van der Waals surface area (Å²) in [5.41, 5.74) is 7.17. The molecule has 6 heteroatoms. The molecule has 0 aliphatic rings. The van der Waals surface area contributed by atoms with E-state index in [9.17, 15) is 0 Å². The number of pyridine rings is 1. The molecule has 0 amide bonds. The number of anilines is 1. The molecule has 1 rings (SSSR count). The fourth-order valence-electron chi connectivity index (χ4n) is 1.84. The Kier molecular flexibility index (Phi) is 4.91. The first-order valence-corrected chi connectivity index (χ1v) is 5.84. The van der Waals surface area contributed by atoms with E-state index >= 15 is 0 Å². The number of nitrogens with two attached hydrogens (primary N) is 1. The number of oxime groups is 1. The highest BCUT2D eigenvalue weighted by molar-refractivity contribution is 6.02. The smallest absolute Gasteiger partial charge is 0.174 e. The van der Waals surface area contributed by atoms with Crippen LogP contribution in [0.15, 0.2) is 17.4 Å². The number of aliphatic hydroxyl groups excluding tert-OH is 1. The van der Waals surface area contributed by atoms with Crippen LogP contribution in [-0.2, 0) is 0 Å². The molecule has 0 atom stereocenters. The molecule has 0 saturated carbocycles. The van der Waals surface area contributed by atoms with Crippen molar-refractivity contribution in [1.82, 2.24) is 4.98 Å². The average molecular weight is 252 g/mol. The average Bonchev–Trinajstić information content (AvgIpc) is 2.34. The minimum atomic E-state index is 0.0173. The van der Waals surface area contributed by atoms with E-state index in [0.717, 1.165) is 5.56 Å². The molecule has 0 radical (unpaired) electrons. The van der Waals surface area contributed by atoms with Crippen LogP contribution < -0.4 is 10.6 Å². The highest BCUT2D eigenvalue weighted by Gasteiger charge is 2.19. The van der Waals surface area contributed by atoms with Crippen molar-refractivity contribution in [2.45, 2.75) is 26.8 Å². The fourth-order valence-corrected chi connectivity index (χ4v) is 1.84. The van der Waals surface area contributed by atoms with E-state index in [1.54, 1.807) is 12.3 Å². The van der Waals surface area contributed by atoms with Gasteiger partial charge < -0.3 is 20.9 Å². The molecule has 0 spiro atoms. The van der Waals surface area contributed by atoms with Crippen LogP contribution >= 0.6 is 0 Å². The summed E-state index contributed by atoms with van der Waals surface area (Å²) in [6.45, 7) is 6.32. The van der Waals surface area contributed by atoms with E-state index in [4.69, 9.17) is 16.0 Å². The van der Waals surface area contributed by atoms with E-state index in [-0.39, 0.29) is 18.5 Å². The summed E-state index contributed by atoms with van der Waals surface area (Å²) in [6, 6.07) is 1.95. The first-order chi connectivity index (χ1) is 8.52. The summed E-state index contributed by atoms with van der Waals surface area (Å²) < 4.78 is 0. The van der Waals surface area contributed by atoms with E-state index in [1.807, 2.05) is 25.7 Å². The van der Waals surface area contributed by atoms with Gasteiger partial charge in [-0.2, -0.15) is 0 Å². The van der Waals surface area contributed by atoms with Crippen LogP contribution in [-0.4, -0.2) is 40.3 Å². The van der Waals surface area contributed by atoms with Crippen LogP contribution in [0, 0.1) is 6.92 Å². The minimum Gasteiger partial charge on any atom is -0.409 e. The Hall–Kier alpha value is -1.82. The topological polar surface area (TPSA) is 95.0 Å². The molecule has 0 bridgehead atoms. The minimum absolute atomic E-state index is 0.0173. The Morgan fingerprint density at radius 1 is 1.56 bits per heavy atom. The van der Waals surface area contributed by atoms with Crippen LogP contribution in [0.4, 0.5) is 5.82 Å². The van der Waals surface area contributed by atoms with E-state index in [0.29, 0.717) is 17.9 Å². The highest BCUT2D eigenvalue weighted by atomic mass is 16.4. The summed E-state index contributed by atoms with van der Waals surface area (Å²) in [6.07, 6.45) is 1.67. The lowest BCUT2D eigenvalue weighted by Gasteiger charge is -2.29. The lowest BCUT2D eigenvalue weighted by atomic mass is 10.1. The summed E-state index contributed by atoms with van der Waals surface area (Å²) in [7, 11) is 0. The van der Waals surface area contributed by atoms with Crippen molar-refractivity contribution in [3.63, 3.8) is 0 Å². The SMILES string of the molecule is Cc1ccnc(N(CCO)C(C)C)c1/C(N)=N/O. The summed E-state index contributed by atoms with van der Waals surface area (Å²) in [4.78, 5) is 6.21. The third kappa shape index (κ3) is 2.89. The second-order valence-corrected chi connectivity index (χ2v) is 4.32. The van der Waals surface area contributed by atoms with Crippen LogP contribution in [0.1, 0.15) is 25.0 Å². The van der Waals surface area contributed by atoms with E-state index in [1.165, 1.54) is 0 Å². The molecule has 6 nitrogen and oxygen atoms in total. The molecule has 18 heavy (non-hydrogen) atoms. The first-order valence-electron chi connectivity index (χ1n) is 5.84. The van der Waals surface area contributed by atoms with Gasteiger partial charge in [0.1, 0.15) is 5.82 Å². The van der Waals surface area contributed by atoms with Gasteiger partial charge in [0.25, 0.3) is 0 Å². The van der Waals surface area contributed by atoms with Gasteiger partial charge in [-0.3, -0.25) is 0 Å². The molecule has 0 unspecified atom stereocenters. The Morgan fingerprint density at radius 3 is 2.72 bits per heavy atom. The molecule has 0 aliphatic carbocycles. The molecule has 4 N–H and O–H groups in total. The maximum Gasteiger partial charge on any atom is 0.174 e. The number of aliphatic hydroxyl groups is 1. The third-order valence-electron chi connectivity index (χ3n) is 2.74. The van der Waals surface area contributed by atoms with Crippen molar-refractivity contribution in [3.8, 4) is 0 Å². The molecular formula is C12H20N4O2. The molecule has 0 saturated heterocycles. The van der Waals surface area contributed by atoms with E-state index < -0.39 is 0 Å². The normalized spacial score (nSPS) is 11.9. The Morgan fingerprint density at radius 2 is 2.22 bits per heavy atom. The van der Waals surface area contributed by atoms with Crippen LogP contribution in [0.5, 0.6) is 0 Å². The zero-order valence-corrected chi connectivity index (χ0v) is 11.0. The van der Waals surface area contributed by atoms with Crippen LogP contribution in [0.25, 0.3) is 0 Å². The largest absolute Gasteiger partial charge is 0.409 e. The number of amidine groups is 1. The van der Waals surface area contributed by atoms with Gasteiger partial charge in [-0.1, -0.05) is 5.16 Å². The lowest BCUT2D eigenvalue weighted by molar-refractivity contribution is 0.298. The van der Waals surface area contributed by atoms with Gasteiger partial charge in [0, 0.05) is 18.8 Å². The predicted octanol–water partition coefficient (Wildman–Crippen LogP) is 0.692. The van der Waals surface area contributed by atoms with Crippen molar-refractivity contribution < 1.29 is 10.3 Å². The summed E-state index contributed by atoms with van der Waals surface area (Å²) in [5, 5.41) is 21.0. The van der Waals surface area contributed by atoms with Gasteiger partial charge in [-0.05, 0) is 32.4 Å². The fraction of sp³-hybridized carbons (Fsp3) is 0.500. The quantitative estimate of drug-likeness (QED) is 0.310. The first kappa shape index (κ1) is 14.2. The predicted molar refractivity (Wildman–Crippen MR) is 71.1 cm³/mol. The van der Waals surface area contributed by atoms with E-state index in [2.05, 4.69) is 10.1 Å². The lowest BCUT2D eigenvalue weighted by Crippen LogP contribution is -2.36. The molecule has 0 fully saturated rings. The van der Waals surface area contributed by atoms with Gasteiger partial charge in [0.15, 0.2) is 5.84 Å². The van der Waals surface area contributed by atoms with Crippen molar-refractivity contribution in [1.29, 1.82) is 0 Å². The zero-order chi connectivity index (χ0) is 13.7. The number of hydrogen-bond acceptors (Lipinski definition) is 5. The van der Waals surface area contributed by atoms with Crippen LogP contribution in [0.3, 0.4) is 0 Å². The Labute approximate surface area is 107 Å². The monoisotopic (exact) mass is 252 g/mol. The van der Waals surface area contributed by atoms with Gasteiger partial charge in [-0.15, -0.1) is 0 Å². The van der Waals surface area contributed by atoms with Crippen LogP contribution in [0.2, 0.25) is 0 Å². The molecular weight excluding hydrogens is 232 g/mol. The number of nitrogens with zero attached hydrogens (tertiary/aromatic N) is 3. The second-order valence-electron chi connectivity index (χ2n) is 4.32. The Bertz CT molecular complexity index is 432. The van der Waals surface area contributed by atoms with Crippen molar-refractivity contribution >= 4 is 11.7 Å². The standard InChI is InChI=1S/C12H20N4O2/c1-8(2)16(6-7-17)12-10(11(13)15-18)9(3)4-5-14-12/h4-5,8,17-18H,6-7H2,1-3H3,(H2,13,15). The molecule has 1 aromatic rings. The highest BCUT2D eigenvalue weighted by Crippen LogP contribution is 2.22. The molecule has 0 aromatic carbocycles. The number of aryl methyl sites for hydroxylation is 1. The molecule has 1 aromatic heterocycles. The molecule has 0 aliphatic heterocycles. The van der Waals surface area contributed by atoms with Gasteiger partial charge in [0.2, 0.25) is 0 Å². The molecule has 1 heterocycles. The van der Waals surface area contributed by atoms with Gasteiger partial charge >= 0.3 is 0 Å². The third-order valence-corrected chi connectivity index (χ3v) is 2.74. The summed E-state index contributed by atoms with van der Waals surface area (Å²) in [5.74, 6) is 0.647. The number of aromatic nitrogens is 1. The summed E-state index contributed by atoms with van der Waals surface area (Å²) >= 11 is 0. The Balaban J connectivity index is 3.34. The maximum atomic E-state index is 9.12. The van der Waals surface area contributed by atoms with Gasteiger partial charge in [-0.25, -0.2) is 4.98 Å². The van der Waals surface area contributed by atoms with Crippen molar-refractivity contribution in [2.75, 3.05) is 18.1 Å². The second kappa shape index (κ2) is 6.20. The number of hydrogen-bond donors (Lipinski definition) is 3. The number of rotatable bonds is 5. The van der Waals surface area contributed by atoms with Gasteiger partial charge in [0.05, 0.1) is 12.2 Å². The maximum absolute atomic E-state index is 9.12. The zero-order valence-electron chi connectivity index (χ0n) is 11.0. The molecule has 100 valence electrons. The van der Waals surface area contributed by atoms with Crippen molar-refractivity contribution in [2.24, 2.45) is 10.9 Å². The van der Waals surface area contributed by atoms with Crippen molar-refractivity contribution in [3.05, 3.63) is 23.4 Å².